The molecule has 1 aliphatic heterocycles. The number of pyridine rings is 2. The van der Waals surface area contributed by atoms with E-state index in [1.165, 1.54) is 33.2 Å². The van der Waals surface area contributed by atoms with Crippen molar-refractivity contribution < 1.29 is 9.59 Å². The zero-order valence-electron chi connectivity index (χ0n) is 17.2. The molecule has 0 spiro atoms. The van der Waals surface area contributed by atoms with Gasteiger partial charge in [-0.2, -0.15) is 0 Å². The van der Waals surface area contributed by atoms with Crippen LogP contribution in [0.3, 0.4) is 0 Å². The molecule has 2 amide bonds. The molecule has 1 saturated heterocycles. The Kier molecular flexibility index (Phi) is 6.07. The van der Waals surface area contributed by atoms with E-state index in [1.54, 1.807) is 6.20 Å². The summed E-state index contributed by atoms with van der Waals surface area (Å²) in [6.07, 6.45) is 4.61. The number of carbonyl (C=O) groups excluding carboxylic acids is 2. The van der Waals surface area contributed by atoms with Crippen LogP contribution in [0.4, 0.5) is 0 Å². The minimum atomic E-state index is -0.635. The number of benzene rings is 1. The van der Waals surface area contributed by atoms with Crippen LogP contribution in [0.1, 0.15) is 11.1 Å². The highest BCUT2D eigenvalue weighted by Crippen LogP contribution is 2.31. The summed E-state index contributed by atoms with van der Waals surface area (Å²) in [5.41, 5.74) is 1.42. The van der Waals surface area contributed by atoms with Gasteiger partial charge in [-0.15, -0.1) is 6.58 Å². The minimum Gasteiger partial charge on any atom is -0.298 e. The van der Waals surface area contributed by atoms with E-state index in [4.69, 9.17) is 12.2 Å². The number of hydrogen-bond donors (Lipinski definition) is 1. The quantitative estimate of drug-likeness (QED) is 0.272. The third-order valence-electron chi connectivity index (χ3n) is 4.88. The largest absolute Gasteiger partial charge is 0.298 e. The molecule has 32 heavy (non-hydrogen) atoms. The Morgan fingerprint density at radius 1 is 1.12 bits per heavy atom. The molecule has 1 fully saturated rings. The van der Waals surface area contributed by atoms with Crippen LogP contribution < -0.4 is 10.9 Å². The Balaban J connectivity index is 1.92. The molecule has 1 aliphatic rings. The first-order chi connectivity index (χ1) is 15.4. The number of nitrogens with zero attached hydrogens (tertiary/aromatic N) is 2. The summed E-state index contributed by atoms with van der Waals surface area (Å²) in [6.45, 7) is 5.67. The lowest BCUT2D eigenvalue weighted by molar-refractivity contribution is -0.128. The molecule has 160 valence electrons. The average molecular weight is 462 g/mol. The number of aromatic nitrogens is 1. The SMILES string of the molecule is C=CCN1C(=O)/C(=C/c2c(Sc3ccccc3)cc3ccc(C)cn3c2=O)C(=O)NC1=S. The molecule has 3 heterocycles. The van der Waals surface area contributed by atoms with Gasteiger partial charge in [-0.1, -0.05) is 42.1 Å². The van der Waals surface area contributed by atoms with Crippen LogP contribution in [-0.4, -0.2) is 32.8 Å². The summed E-state index contributed by atoms with van der Waals surface area (Å²) in [4.78, 5) is 41.9. The summed E-state index contributed by atoms with van der Waals surface area (Å²) in [6, 6.07) is 15.3. The van der Waals surface area contributed by atoms with Gasteiger partial charge in [-0.25, -0.2) is 0 Å². The van der Waals surface area contributed by atoms with Crippen LogP contribution in [0.2, 0.25) is 0 Å². The minimum absolute atomic E-state index is 0.0155. The van der Waals surface area contributed by atoms with E-state index < -0.39 is 11.8 Å². The van der Waals surface area contributed by atoms with Crippen LogP contribution in [0.15, 0.2) is 87.5 Å². The Morgan fingerprint density at radius 2 is 1.88 bits per heavy atom. The van der Waals surface area contributed by atoms with Gasteiger partial charge in [0.2, 0.25) is 0 Å². The number of rotatable bonds is 5. The van der Waals surface area contributed by atoms with Crippen molar-refractivity contribution in [3.8, 4) is 0 Å². The fraction of sp³-hybridized carbons (Fsp3) is 0.0833. The molecular formula is C24H19N3O3S2. The van der Waals surface area contributed by atoms with Crippen molar-refractivity contribution in [3.05, 3.63) is 94.4 Å². The Labute approximate surface area is 194 Å². The summed E-state index contributed by atoms with van der Waals surface area (Å²) < 4.78 is 1.52. The van der Waals surface area contributed by atoms with Gasteiger partial charge < -0.3 is 0 Å². The fourth-order valence-corrected chi connectivity index (χ4v) is 4.56. The van der Waals surface area contributed by atoms with Crippen LogP contribution in [0.25, 0.3) is 11.6 Å². The van der Waals surface area contributed by atoms with Crippen molar-refractivity contribution in [1.82, 2.24) is 14.6 Å². The second kappa shape index (κ2) is 8.94. The standard InChI is InChI=1S/C24H19N3O3S2/c1-3-11-26-23(30)19(21(28)25-24(26)31)13-18-20(32-17-7-5-4-6-8-17)12-16-10-9-15(2)14-27(16)22(18)29/h3-10,12-14H,1,11H2,2H3,(H,25,28,31)/b19-13+. The van der Waals surface area contributed by atoms with E-state index >= 15 is 0 Å². The van der Waals surface area contributed by atoms with E-state index in [0.29, 0.717) is 4.90 Å². The first-order valence-electron chi connectivity index (χ1n) is 9.77. The molecule has 0 atom stereocenters. The van der Waals surface area contributed by atoms with Gasteiger partial charge in [0.1, 0.15) is 5.57 Å². The van der Waals surface area contributed by atoms with Gasteiger partial charge in [-0.3, -0.25) is 29.0 Å². The lowest BCUT2D eigenvalue weighted by Gasteiger charge is -2.27. The third-order valence-corrected chi connectivity index (χ3v) is 6.27. The molecule has 8 heteroatoms. The van der Waals surface area contributed by atoms with E-state index in [-0.39, 0.29) is 28.4 Å². The highest BCUT2D eigenvalue weighted by molar-refractivity contribution is 7.99. The average Bonchev–Trinajstić information content (AvgIpc) is 2.77. The second-order valence-electron chi connectivity index (χ2n) is 7.17. The van der Waals surface area contributed by atoms with E-state index in [0.717, 1.165) is 16.0 Å². The van der Waals surface area contributed by atoms with E-state index in [2.05, 4.69) is 11.9 Å². The lowest BCUT2D eigenvalue weighted by Crippen LogP contribution is -2.53. The number of aryl methyl sites for hydroxylation is 1. The molecule has 0 aliphatic carbocycles. The highest BCUT2D eigenvalue weighted by atomic mass is 32.2. The first kappa shape index (κ1) is 21.7. The Morgan fingerprint density at radius 3 is 2.59 bits per heavy atom. The molecule has 6 nitrogen and oxygen atoms in total. The normalized spacial score (nSPS) is 15.3. The fourth-order valence-electron chi connectivity index (χ4n) is 3.33. The predicted molar refractivity (Wildman–Crippen MR) is 130 cm³/mol. The van der Waals surface area contributed by atoms with Crippen LogP contribution >= 0.6 is 24.0 Å². The van der Waals surface area contributed by atoms with Crippen molar-refractivity contribution >= 4 is 52.5 Å². The summed E-state index contributed by atoms with van der Waals surface area (Å²) in [7, 11) is 0. The summed E-state index contributed by atoms with van der Waals surface area (Å²) in [5, 5.41) is 2.53. The molecular weight excluding hydrogens is 442 g/mol. The van der Waals surface area contributed by atoms with Crippen molar-refractivity contribution in [2.75, 3.05) is 6.54 Å². The molecule has 4 rings (SSSR count). The number of fused-ring (bicyclic) bond motifs is 1. The predicted octanol–water partition coefficient (Wildman–Crippen LogP) is 3.57. The summed E-state index contributed by atoms with van der Waals surface area (Å²) in [5.74, 6) is -1.20. The summed E-state index contributed by atoms with van der Waals surface area (Å²) >= 11 is 6.50. The molecule has 2 aromatic heterocycles. The zero-order chi connectivity index (χ0) is 22.8. The van der Waals surface area contributed by atoms with Gasteiger partial charge in [-0.05, 0) is 55.0 Å². The van der Waals surface area contributed by atoms with Gasteiger partial charge in [0.25, 0.3) is 17.4 Å². The van der Waals surface area contributed by atoms with Gasteiger partial charge in [0.05, 0.1) is 5.56 Å². The topological polar surface area (TPSA) is 70.9 Å². The second-order valence-corrected chi connectivity index (χ2v) is 8.67. The maximum Gasteiger partial charge on any atom is 0.265 e. The maximum atomic E-state index is 13.5. The van der Waals surface area contributed by atoms with E-state index in [9.17, 15) is 14.4 Å². The molecule has 0 bridgehead atoms. The molecule has 3 aromatic rings. The van der Waals surface area contributed by atoms with Crippen molar-refractivity contribution in [3.63, 3.8) is 0 Å². The maximum absolute atomic E-state index is 13.5. The van der Waals surface area contributed by atoms with Gasteiger partial charge in [0.15, 0.2) is 5.11 Å². The molecule has 0 saturated carbocycles. The van der Waals surface area contributed by atoms with Crippen molar-refractivity contribution in [2.24, 2.45) is 0 Å². The smallest absolute Gasteiger partial charge is 0.265 e. The number of thiocarbonyl (C=S) groups is 1. The highest BCUT2D eigenvalue weighted by Gasteiger charge is 2.33. The van der Waals surface area contributed by atoms with Crippen LogP contribution in [0.5, 0.6) is 0 Å². The third kappa shape index (κ3) is 4.15. The first-order valence-corrected chi connectivity index (χ1v) is 11.0. The zero-order valence-corrected chi connectivity index (χ0v) is 18.8. The molecule has 0 radical (unpaired) electrons. The lowest BCUT2D eigenvalue weighted by atomic mass is 10.1. The van der Waals surface area contributed by atoms with Crippen molar-refractivity contribution in [2.45, 2.75) is 16.7 Å². The Hall–Kier alpha value is -3.49. The van der Waals surface area contributed by atoms with Gasteiger partial charge in [0, 0.05) is 28.0 Å². The number of nitrogens with one attached hydrogen (secondary N) is 1. The van der Waals surface area contributed by atoms with Gasteiger partial charge >= 0.3 is 0 Å². The number of amides is 2. The van der Waals surface area contributed by atoms with Crippen LogP contribution in [-0.2, 0) is 9.59 Å². The van der Waals surface area contributed by atoms with Crippen LogP contribution in [0, 0.1) is 6.92 Å². The molecule has 1 aromatic carbocycles. The monoisotopic (exact) mass is 461 g/mol. The van der Waals surface area contributed by atoms with Crippen molar-refractivity contribution in [1.29, 1.82) is 0 Å². The molecule has 1 N–H and O–H groups in total. The molecule has 0 unspecified atom stereocenters. The number of carbonyl (C=O) groups is 2. The Bertz CT molecular complexity index is 1360. The number of hydrogen-bond acceptors (Lipinski definition) is 5. The van der Waals surface area contributed by atoms with E-state index in [1.807, 2.05) is 55.5 Å².